The molecule has 0 radical (unpaired) electrons. The molecule has 0 aliphatic heterocycles. The van der Waals surface area contributed by atoms with E-state index in [2.05, 4.69) is 31.2 Å². The highest BCUT2D eigenvalue weighted by molar-refractivity contribution is 5.66. The third-order valence-electron chi connectivity index (χ3n) is 4.92. The Morgan fingerprint density at radius 2 is 2.11 bits per heavy atom. The third-order valence-corrected chi connectivity index (χ3v) is 4.92. The molecule has 1 aromatic rings. The van der Waals surface area contributed by atoms with E-state index in [1.54, 1.807) is 0 Å². The van der Waals surface area contributed by atoms with Crippen molar-refractivity contribution < 1.29 is 9.53 Å². The zero-order valence-corrected chi connectivity index (χ0v) is 11.1. The summed E-state index contributed by atoms with van der Waals surface area (Å²) in [6, 6.07) is 8.76. The maximum Gasteiger partial charge on any atom is 0.302 e. The Morgan fingerprint density at radius 1 is 1.33 bits per heavy atom. The second-order valence-electron chi connectivity index (χ2n) is 5.93. The van der Waals surface area contributed by atoms with Crippen LogP contribution in [0.1, 0.15) is 50.2 Å². The van der Waals surface area contributed by atoms with E-state index in [-0.39, 0.29) is 17.5 Å². The van der Waals surface area contributed by atoms with Crippen LogP contribution in [-0.2, 0) is 16.0 Å². The first-order valence-electron chi connectivity index (χ1n) is 6.86. The Kier molecular flexibility index (Phi) is 2.69. The van der Waals surface area contributed by atoms with Crippen LogP contribution in [0.3, 0.4) is 0 Å². The molecule has 2 aliphatic rings. The first kappa shape index (κ1) is 11.8. The van der Waals surface area contributed by atoms with Gasteiger partial charge < -0.3 is 4.74 Å². The normalized spacial score (nSPS) is 33.7. The summed E-state index contributed by atoms with van der Waals surface area (Å²) in [6.07, 6.45) is 4.50. The number of aryl methyl sites for hydroxylation is 1. The van der Waals surface area contributed by atoms with Gasteiger partial charge in [0.15, 0.2) is 0 Å². The molecule has 1 fully saturated rings. The van der Waals surface area contributed by atoms with Crippen LogP contribution in [0.4, 0.5) is 0 Å². The van der Waals surface area contributed by atoms with Gasteiger partial charge >= 0.3 is 5.97 Å². The Balaban J connectivity index is 1.95. The van der Waals surface area contributed by atoms with Gasteiger partial charge in [-0.15, -0.1) is 0 Å². The molecule has 0 N–H and O–H groups in total. The number of benzene rings is 1. The predicted octanol–water partition coefficient (Wildman–Crippen LogP) is 3.45. The largest absolute Gasteiger partial charge is 0.462 e. The molecule has 3 rings (SSSR count). The number of ether oxygens (including phenoxy) is 1. The first-order valence-corrected chi connectivity index (χ1v) is 6.86. The van der Waals surface area contributed by atoms with Crippen molar-refractivity contribution in [2.75, 3.05) is 0 Å². The van der Waals surface area contributed by atoms with Crippen LogP contribution >= 0.6 is 0 Å². The topological polar surface area (TPSA) is 26.3 Å². The van der Waals surface area contributed by atoms with Crippen LogP contribution in [0.2, 0.25) is 0 Å². The number of esters is 1. The van der Waals surface area contributed by atoms with Crippen LogP contribution in [0, 0.1) is 5.41 Å². The summed E-state index contributed by atoms with van der Waals surface area (Å²) >= 11 is 0. The van der Waals surface area contributed by atoms with Crippen molar-refractivity contribution in [2.45, 2.75) is 51.6 Å². The van der Waals surface area contributed by atoms with Crippen LogP contribution < -0.4 is 0 Å². The van der Waals surface area contributed by atoms with E-state index in [1.807, 2.05) is 0 Å². The molecule has 0 bridgehead atoms. The molecule has 0 aromatic heterocycles. The van der Waals surface area contributed by atoms with Crippen LogP contribution in [0.15, 0.2) is 24.3 Å². The minimum atomic E-state index is -0.138. The van der Waals surface area contributed by atoms with E-state index in [0.29, 0.717) is 5.92 Å². The Bertz CT molecular complexity index is 480. The van der Waals surface area contributed by atoms with Crippen LogP contribution in [-0.4, -0.2) is 12.1 Å². The maximum atomic E-state index is 11.2. The predicted molar refractivity (Wildman–Crippen MR) is 70.4 cm³/mol. The van der Waals surface area contributed by atoms with Gasteiger partial charge in [0.2, 0.25) is 0 Å². The average molecular weight is 244 g/mol. The summed E-state index contributed by atoms with van der Waals surface area (Å²) in [5.41, 5.74) is 3.12. The highest BCUT2D eigenvalue weighted by Crippen LogP contribution is 2.56. The fourth-order valence-corrected chi connectivity index (χ4v) is 3.95. The summed E-state index contributed by atoms with van der Waals surface area (Å²) in [5.74, 6) is 0.424. The average Bonchev–Trinajstić information content (AvgIpc) is 2.67. The Hall–Kier alpha value is -1.31. The smallest absolute Gasteiger partial charge is 0.302 e. The van der Waals surface area contributed by atoms with Gasteiger partial charge in [-0.3, -0.25) is 4.79 Å². The lowest BCUT2D eigenvalue weighted by molar-refractivity contribution is -0.152. The van der Waals surface area contributed by atoms with Gasteiger partial charge in [0.05, 0.1) is 0 Å². The lowest BCUT2D eigenvalue weighted by Crippen LogP contribution is -2.37. The molecule has 3 unspecified atom stereocenters. The van der Waals surface area contributed by atoms with Gasteiger partial charge in [-0.05, 0) is 42.7 Å². The van der Waals surface area contributed by atoms with Crippen molar-refractivity contribution in [3.8, 4) is 0 Å². The zero-order valence-electron chi connectivity index (χ0n) is 11.1. The van der Waals surface area contributed by atoms with Gasteiger partial charge in [0.1, 0.15) is 6.10 Å². The molecule has 0 heterocycles. The van der Waals surface area contributed by atoms with E-state index in [9.17, 15) is 4.79 Å². The standard InChI is InChI=1S/C16H20O2/c1-11(17)18-15-8-7-14-13-6-4-3-5-12(13)9-10-16(14,15)2/h3-6,14-15H,7-10H2,1-2H3. The number of carbonyl (C=O) groups excluding carboxylic acids is 1. The fourth-order valence-electron chi connectivity index (χ4n) is 3.95. The molecule has 2 nitrogen and oxygen atoms in total. The number of rotatable bonds is 1. The molecule has 0 spiro atoms. The molecular weight excluding hydrogens is 224 g/mol. The summed E-state index contributed by atoms with van der Waals surface area (Å²) in [6.45, 7) is 3.82. The van der Waals surface area contributed by atoms with Crippen LogP contribution in [0.25, 0.3) is 0 Å². The van der Waals surface area contributed by atoms with Crippen molar-refractivity contribution in [1.29, 1.82) is 0 Å². The molecular formula is C16H20O2. The summed E-state index contributed by atoms with van der Waals surface area (Å²) in [4.78, 5) is 11.2. The molecule has 2 heteroatoms. The molecule has 3 atom stereocenters. The quantitative estimate of drug-likeness (QED) is 0.707. The molecule has 1 aromatic carbocycles. The minimum absolute atomic E-state index is 0.105. The minimum Gasteiger partial charge on any atom is -0.462 e. The molecule has 0 amide bonds. The molecule has 2 aliphatic carbocycles. The second kappa shape index (κ2) is 4.11. The van der Waals surface area contributed by atoms with Crippen molar-refractivity contribution >= 4 is 5.97 Å². The van der Waals surface area contributed by atoms with E-state index < -0.39 is 0 Å². The van der Waals surface area contributed by atoms with E-state index >= 15 is 0 Å². The molecule has 0 saturated heterocycles. The SMILES string of the molecule is CC(=O)OC1CCC2c3ccccc3CCC12C. The van der Waals surface area contributed by atoms with Crippen molar-refractivity contribution in [3.05, 3.63) is 35.4 Å². The lowest BCUT2D eigenvalue weighted by atomic mass is 9.66. The van der Waals surface area contributed by atoms with Crippen molar-refractivity contribution in [2.24, 2.45) is 5.41 Å². The molecule has 96 valence electrons. The van der Waals surface area contributed by atoms with Gasteiger partial charge in [0.25, 0.3) is 0 Å². The van der Waals surface area contributed by atoms with Crippen molar-refractivity contribution in [1.82, 2.24) is 0 Å². The number of hydrogen-bond acceptors (Lipinski definition) is 2. The Labute approximate surface area is 108 Å². The number of carbonyl (C=O) groups is 1. The van der Waals surface area contributed by atoms with Crippen molar-refractivity contribution in [3.63, 3.8) is 0 Å². The molecule has 18 heavy (non-hydrogen) atoms. The highest BCUT2D eigenvalue weighted by atomic mass is 16.5. The first-order chi connectivity index (χ1) is 8.61. The van der Waals surface area contributed by atoms with Gasteiger partial charge in [0, 0.05) is 12.3 Å². The maximum absolute atomic E-state index is 11.2. The Morgan fingerprint density at radius 3 is 2.89 bits per heavy atom. The number of hydrogen-bond donors (Lipinski definition) is 0. The number of fused-ring (bicyclic) bond motifs is 3. The third kappa shape index (κ3) is 1.66. The monoisotopic (exact) mass is 244 g/mol. The van der Waals surface area contributed by atoms with Gasteiger partial charge in [-0.1, -0.05) is 31.2 Å². The summed E-state index contributed by atoms with van der Waals surface area (Å²) in [5, 5.41) is 0. The molecule has 1 saturated carbocycles. The van der Waals surface area contributed by atoms with E-state index in [4.69, 9.17) is 4.74 Å². The van der Waals surface area contributed by atoms with E-state index in [1.165, 1.54) is 18.1 Å². The van der Waals surface area contributed by atoms with Crippen LogP contribution in [0.5, 0.6) is 0 Å². The fraction of sp³-hybridized carbons (Fsp3) is 0.562. The summed E-state index contributed by atoms with van der Waals surface area (Å²) < 4.78 is 5.56. The second-order valence-corrected chi connectivity index (χ2v) is 5.93. The van der Waals surface area contributed by atoms with E-state index in [0.717, 1.165) is 25.7 Å². The van der Waals surface area contributed by atoms with Gasteiger partial charge in [-0.2, -0.15) is 0 Å². The summed E-state index contributed by atoms with van der Waals surface area (Å²) in [7, 11) is 0. The lowest BCUT2D eigenvalue weighted by Gasteiger charge is -2.41. The highest BCUT2D eigenvalue weighted by Gasteiger charge is 2.51. The van der Waals surface area contributed by atoms with Gasteiger partial charge in [-0.25, -0.2) is 0 Å². The zero-order chi connectivity index (χ0) is 12.8.